The van der Waals surface area contributed by atoms with Crippen molar-refractivity contribution in [1.82, 2.24) is 5.32 Å². The fourth-order valence-corrected chi connectivity index (χ4v) is 3.73. The van der Waals surface area contributed by atoms with Crippen LogP contribution in [0.5, 0.6) is 0 Å². The van der Waals surface area contributed by atoms with Crippen LogP contribution < -0.4 is 5.32 Å². The number of benzene rings is 1. The van der Waals surface area contributed by atoms with Gasteiger partial charge in [-0.1, -0.05) is 18.5 Å². The predicted octanol–water partition coefficient (Wildman–Crippen LogP) is 3.03. The normalized spacial score (nSPS) is 15.2. The third kappa shape index (κ3) is 4.16. The minimum atomic E-state index is -3.48. The molecule has 0 spiro atoms. The third-order valence-electron chi connectivity index (χ3n) is 2.99. The Bertz CT molecular complexity index is 533. The van der Waals surface area contributed by atoms with Gasteiger partial charge in [0.1, 0.15) is 5.82 Å². The van der Waals surface area contributed by atoms with Crippen LogP contribution in [0.4, 0.5) is 4.39 Å². The van der Waals surface area contributed by atoms with E-state index in [1.807, 2.05) is 13.8 Å². The summed E-state index contributed by atoms with van der Waals surface area (Å²) in [6.45, 7) is 6.35. The highest BCUT2D eigenvalue weighted by molar-refractivity contribution is 7.92. The Hall–Kier alpha value is -0.650. The predicted molar refractivity (Wildman–Crippen MR) is 75.8 cm³/mol. The van der Waals surface area contributed by atoms with Crippen molar-refractivity contribution < 1.29 is 12.8 Å². The minimum Gasteiger partial charge on any atom is -0.314 e. The SMILES string of the molecule is CCNC(C)CC(C)S(=O)(=O)c1ccc(F)c(Cl)c1. The van der Waals surface area contributed by atoms with E-state index < -0.39 is 20.9 Å². The minimum absolute atomic E-state index is 0.0649. The standard InChI is InChI=1S/C13H19ClFNO2S/c1-4-16-9(2)7-10(3)19(17,18)11-5-6-13(15)12(14)8-11/h5-6,8-10,16H,4,7H2,1-3H3. The summed E-state index contributed by atoms with van der Waals surface area (Å²) in [6.07, 6.45) is 0.491. The van der Waals surface area contributed by atoms with Crippen LogP contribution in [0.3, 0.4) is 0 Å². The van der Waals surface area contributed by atoms with E-state index in [0.717, 1.165) is 12.6 Å². The Balaban J connectivity index is 2.93. The maximum atomic E-state index is 13.1. The Morgan fingerprint density at radius 3 is 2.53 bits per heavy atom. The zero-order chi connectivity index (χ0) is 14.6. The Labute approximate surface area is 119 Å². The zero-order valence-electron chi connectivity index (χ0n) is 11.3. The molecule has 0 radical (unpaired) electrons. The molecule has 108 valence electrons. The molecule has 0 saturated carbocycles. The molecule has 1 rings (SSSR count). The summed E-state index contributed by atoms with van der Waals surface area (Å²) >= 11 is 5.63. The molecule has 0 aliphatic carbocycles. The number of hydrogen-bond acceptors (Lipinski definition) is 3. The van der Waals surface area contributed by atoms with Gasteiger partial charge in [-0.05, 0) is 45.0 Å². The summed E-state index contributed by atoms with van der Waals surface area (Å²) in [5.41, 5.74) is 0. The molecule has 0 bridgehead atoms. The molecule has 19 heavy (non-hydrogen) atoms. The molecule has 0 fully saturated rings. The van der Waals surface area contributed by atoms with Gasteiger partial charge in [0.2, 0.25) is 0 Å². The highest BCUT2D eigenvalue weighted by Gasteiger charge is 2.25. The van der Waals surface area contributed by atoms with Crippen molar-refractivity contribution in [2.45, 2.75) is 43.4 Å². The summed E-state index contributed by atoms with van der Waals surface area (Å²) in [5.74, 6) is -0.616. The summed E-state index contributed by atoms with van der Waals surface area (Å²) in [4.78, 5) is 0.0649. The molecule has 0 heterocycles. The van der Waals surface area contributed by atoms with Crippen LogP contribution >= 0.6 is 11.6 Å². The smallest absolute Gasteiger partial charge is 0.181 e. The number of hydrogen-bond donors (Lipinski definition) is 1. The number of halogens is 2. The summed E-state index contributed by atoms with van der Waals surface area (Å²) < 4.78 is 37.7. The molecule has 0 amide bonds. The van der Waals surface area contributed by atoms with Crippen LogP contribution in [0.25, 0.3) is 0 Å². The fourth-order valence-electron chi connectivity index (χ4n) is 1.94. The van der Waals surface area contributed by atoms with E-state index in [1.54, 1.807) is 6.92 Å². The highest BCUT2D eigenvalue weighted by atomic mass is 35.5. The lowest BCUT2D eigenvalue weighted by Gasteiger charge is -2.18. The van der Waals surface area contributed by atoms with Crippen molar-refractivity contribution in [3.05, 3.63) is 29.0 Å². The Kier molecular flexibility index (Phi) is 5.77. The average Bonchev–Trinajstić information content (AvgIpc) is 2.32. The van der Waals surface area contributed by atoms with Crippen LogP contribution in [0.15, 0.2) is 23.1 Å². The van der Waals surface area contributed by atoms with E-state index in [-0.39, 0.29) is 16.0 Å². The van der Waals surface area contributed by atoms with Gasteiger partial charge >= 0.3 is 0 Å². The van der Waals surface area contributed by atoms with Crippen LogP contribution in [-0.2, 0) is 9.84 Å². The Morgan fingerprint density at radius 1 is 1.37 bits per heavy atom. The van der Waals surface area contributed by atoms with Gasteiger partial charge in [0.05, 0.1) is 15.2 Å². The molecule has 0 aliphatic rings. The molecule has 6 heteroatoms. The van der Waals surface area contributed by atoms with E-state index in [2.05, 4.69) is 5.32 Å². The van der Waals surface area contributed by atoms with Crippen molar-refractivity contribution in [2.24, 2.45) is 0 Å². The van der Waals surface area contributed by atoms with Gasteiger partial charge in [0.15, 0.2) is 9.84 Å². The molecule has 2 unspecified atom stereocenters. The second kappa shape index (κ2) is 6.68. The molecular weight excluding hydrogens is 289 g/mol. The first kappa shape index (κ1) is 16.4. The first-order valence-corrected chi connectivity index (χ1v) is 8.13. The van der Waals surface area contributed by atoms with E-state index >= 15 is 0 Å². The highest BCUT2D eigenvalue weighted by Crippen LogP contribution is 2.24. The largest absolute Gasteiger partial charge is 0.314 e. The van der Waals surface area contributed by atoms with E-state index in [0.29, 0.717) is 6.42 Å². The lowest BCUT2D eigenvalue weighted by atomic mass is 10.2. The molecule has 0 aromatic heterocycles. The molecule has 1 N–H and O–H groups in total. The molecule has 3 nitrogen and oxygen atoms in total. The number of sulfone groups is 1. The third-order valence-corrected chi connectivity index (χ3v) is 5.44. The summed E-state index contributed by atoms with van der Waals surface area (Å²) in [7, 11) is -3.48. The maximum Gasteiger partial charge on any atom is 0.181 e. The monoisotopic (exact) mass is 307 g/mol. The van der Waals surface area contributed by atoms with Gasteiger partial charge in [0.25, 0.3) is 0 Å². The first-order valence-electron chi connectivity index (χ1n) is 6.21. The summed E-state index contributed by atoms with van der Waals surface area (Å²) in [5, 5.41) is 2.44. The molecule has 0 aliphatic heterocycles. The van der Waals surface area contributed by atoms with Gasteiger partial charge in [0, 0.05) is 6.04 Å². The first-order chi connectivity index (χ1) is 8.78. The zero-order valence-corrected chi connectivity index (χ0v) is 12.9. The number of rotatable bonds is 6. The van der Waals surface area contributed by atoms with Crippen LogP contribution in [0.2, 0.25) is 5.02 Å². The topological polar surface area (TPSA) is 46.2 Å². The van der Waals surface area contributed by atoms with Crippen molar-refractivity contribution in [1.29, 1.82) is 0 Å². The fraction of sp³-hybridized carbons (Fsp3) is 0.538. The van der Waals surface area contributed by atoms with Gasteiger partial charge in [-0.15, -0.1) is 0 Å². The molecule has 0 saturated heterocycles. The van der Waals surface area contributed by atoms with Crippen LogP contribution in [-0.4, -0.2) is 26.3 Å². The molecule has 2 atom stereocenters. The summed E-state index contributed by atoms with van der Waals surface area (Å²) in [6, 6.07) is 3.60. The van der Waals surface area contributed by atoms with Crippen molar-refractivity contribution >= 4 is 21.4 Å². The van der Waals surface area contributed by atoms with E-state index in [1.165, 1.54) is 12.1 Å². The second-order valence-corrected chi connectivity index (χ2v) is 7.40. The van der Waals surface area contributed by atoms with Crippen LogP contribution in [0, 0.1) is 5.82 Å². The quantitative estimate of drug-likeness (QED) is 0.822. The average molecular weight is 308 g/mol. The van der Waals surface area contributed by atoms with E-state index in [4.69, 9.17) is 11.6 Å². The lowest BCUT2D eigenvalue weighted by molar-refractivity contribution is 0.509. The van der Waals surface area contributed by atoms with Crippen LogP contribution in [0.1, 0.15) is 27.2 Å². The van der Waals surface area contributed by atoms with Gasteiger partial charge in [-0.3, -0.25) is 0 Å². The van der Waals surface area contributed by atoms with Gasteiger partial charge < -0.3 is 5.32 Å². The Morgan fingerprint density at radius 2 is 2.00 bits per heavy atom. The molecule has 1 aromatic carbocycles. The lowest BCUT2D eigenvalue weighted by Crippen LogP contribution is -2.32. The van der Waals surface area contributed by atoms with Crippen molar-refractivity contribution in [3.8, 4) is 0 Å². The number of nitrogens with one attached hydrogen (secondary N) is 1. The second-order valence-electron chi connectivity index (χ2n) is 4.63. The van der Waals surface area contributed by atoms with E-state index in [9.17, 15) is 12.8 Å². The van der Waals surface area contributed by atoms with Crippen molar-refractivity contribution in [3.63, 3.8) is 0 Å². The van der Waals surface area contributed by atoms with Gasteiger partial charge in [-0.2, -0.15) is 0 Å². The molecule has 1 aromatic rings. The maximum absolute atomic E-state index is 13.1. The van der Waals surface area contributed by atoms with Crippen molar-refractivity contribution in [2.75, 3.05) is 6.54 Å². The molecular formula is C13H19ClFNO2S. The van der Waals surface area contributed by atoms with Gasteiger partial charge in [-0.25, -0.2) is 12.8 Å².